The normalized spacial score (nSPS) is 27.4. The first-order chi connectivity index (χ1) is 13.0. The van der Waals surface area contributed by atoms with Crippen molar-refractivity contribution in [1.82, 2.24) is 15.5 Å². The fourth-order valence-electron chi connectivity index (χ4n) is 3.62. The SMILES string of the molecule is CCC1NC2CC[C@@H](c3ccc(F)cc3)NC2C(=O)N1CC=O.CCOC. The molecule has 27 heavy (non-hydrogen) atoms. The third kappa shape index (κ3) is 5.34. The van der Waals surface area contributed by atoms with Crippen molar-refractivity contribution < 1.29 is 18.7 Å². The summed E-state index contributed by atoms with van der Waals surface area (Å²) in [5, 5.41) is 6.86. The van der Waals surface area contributed by atoms with E-state index in [-0.39, 0.29) is 42.6 Å². The van der Waals surface area contributed by atoms with Crippen LogP contribution in [0.4, 0.5) is 4.39 Å². The number of carbonyl (C=O) groups excluding carboxylic acids is 2. The number of halogens is 1. The zero-order valence-corrected chi connectivity index (χ0v) is 16.3. The predicted molar refractivity (Wildman–Crippen MR) is 102 cm³/mol. The van der Waals surface area contributed by atoms with Gasteiger partial charge in [0, 0.05) is 25.8 Å². The molecule has 0 aromatic heterocycles. The molecule has 2 N–H and O–H groups in total. The highest BCUT2D eigenvalue weighted by molar-refractivity contribution is 5.85. The standard InChI is InChI=1S/C17H22FN3O2.C3H8O/c1-2-15-19-14-8-7-13(11-3-5-12(18)6-4-11)20-16(14)17(23)21(15)9-10-22;1-3-4-2/h3-6,10,13-16,19-20H,2,7-9H2,1H3;3H2,1-2H3/t13-,14?,15?,16?;/m0./s1. The highest BCUT2D eigenvalue weighted by atomic mass is 19.1. The second-order valence-corrected chi connectivity index (χ2v) is 6.76. The Morgan fingerprint density at radius 3 is 2.44 bits per heavy atom. The van der Waals surface area contributed by atoms with E-state index in [9.17, 15) is 14.0 Å². The molecule has 1 aromatic carbocycles. The average Bonchev–Trinajstić information content (AvgIpc) is 2.70. The molecular weight excluding hydrogens is 349 g/mol. The monoisotopic (exact) mass is 379 g/mol. The summed E-state index contributed by atoms with van der Waals surface area (Å²) in [6, 6.07) is 6.15. The Hall–Kier alpha value is -1.83. The molecule has 150 valence electrons. The molecule has 4 atom stereocenters. The molecule has 2 saturated heterocycles. The van der Waals surface area contributed by atoms with E-state index in [1.54, 1.807) is 24.1 Å². The number of methoxy groups -OCH3 is 1. The van der Waals surface area contributed by atoms with Crippen LogP contribution in [0.2, 0.25) is 0 Å². The first-order valence-corrected chi connectivity index (χ1v) is 9.56. The van der Waals surface area contributed by atoms with Crippen molar-refractivity contribution in [3.05, 3.63) is 35.6 Å². The molecule has 2 heterocycles. The number of nitrogens with one attached hydrogen (secondary N) is 2. The van der Waals surface area contributed by atoms with E-state index in [1.165, 1.54) is 12.1 Å². The lowest BCUT2D eigenvalue weighted by atomic mass is 9.87. The summed E-state index contributed by atoms with van der Waals surface area (Å²) in [7, 11) is 1.68. The van der Waals surface area contributed by atoms with Gasteiger partial charge in [0.15, 0.2) is 0 Å². The zero-order valence-electron chi connectivity index (χ0n) is 16.3. The number of hydrogen-bond acceptors (Lipinski definition) is 5. The van der Waals surface area contributed by atoms with Crippen LogP contribution in [0.1, 0.15) is 44.7 Å². The number of rotatable bonds is 5. The van der Waals surface area contributed by atoms with Crippen molar-refractivity contribution in [2.24, 2.45) is 0 Å². The van der Waals surface area contributed by atoms with E-state index in [0.717, 1.165) is 37.7 Å². The van der Waals surface area contributed by atoms with Crippen molar-refractivity contribution in [3.8, 4) is 0 Å². The topological polar surface area (TPSA) is 70.7 Å². The smallest absolute Gasteiger partial charge is 0.242 e. The van der Waals surface area contributed by atoms with Gasteiger partial charge in [-0.3, -0.25) is 15.4 Å². The molecule has 0 aliphatic carbocycles. The molecule has 0 bridgehead atoms. The molecule has 2 aliphatic heterocycles. The molecule has 3 rings (SSSR count). The average molecular weight is 379 g/mol. The van der Waals surface area contributed by atoms with Crippen LogP contribution >= 0.6 is 0 Å². The van der Waals surface area contributed by atoms with Crippen LogP contribution in [0.15, 0.2) is 24.3 Å². The molecule has 1 amide bonds. The Morgan fingerprint density at radius 1 is 1.22 bits per heavy atom. The van der Waals surface area contributed by atoms with E-state index in [4.69, 9.17) is 0 Å². The Labute approximate surface area is 160 Å². The second-order valence-electron chi connectivity index (χ2n) is 6.76. The molecule has 1 aromatic rings. The molecule has 6 nitrogen and oxygen atoms in total. The maximum Gasteiger partial charge on any atom is 0.242 e. The fourth-order valence-corrected chi connectivity index (χ4v) is 3.62. The number of carbonyl (C=O) groups is 2. The number of fused-ring (bicyclic) bond motifs is 1. The van der Waals surface area contributed by atoms with Gasteiger partial charge in [0.1, 0.15) is 18.1 Å². The maximum absolute atomic E-state index is 13.1. The molecular formula is C20H30FN3O3. The van der Waals surface area contributed by atoms with E-state index in [2.05, 4.69) is 15.4 Å². The van der Waals surface area contributed by atoms with Crippen molar-refractivity contribution in [2.75, 3.05) is 20.3 Å². The number of aldehydes is 1. The van der Waals surface area contributed by atoms with E-state index < -0.39 is 0 Å². The molecule has 7 heteroatoms. The molecule has 3 unspecified atom stereocenters. The summed E-state index contributed by atoms with van der Waals surface area (Å²) < 4.78 is 17.6. The van der Waals surface area contributed by atoms with Crippen LogP contribution in [0.3, 0.4) is 0 Å². The van der Waals surface area contributed by atoms with Crippen LogP contribution in [0, 0.1) is 5.82 Å². The van der Waals surface area contributed by atoms with Crippen molar-refractivity contribution in [1.29, 1.82) is 0 Å². The Balaban J connectivity index is 0.000000596. The minimum absolute atomic E-state index is 0.0267. The lowest BCUT2D eigenvalue weighted by Gasteiger charge is -2.47. The van der Waals surface area contributed by atoms with Crippen molar-refractivity contribution >= 4 is 12.2 Å². The molecule has 2 fully saturated rings. The van der Waals surface area contributed by atoms with E-state index in [1.807, 2.05) is 13.8 Å². The van der Waals surface area contributed by atoms with Crippen LogP contribution in [-0.4, -0.2) is 55.6 Å². The Kier molecular flexibility index (Phi) is 8.34. The second kappa shape index (κ2) is 10.5. The van der Waals surface area contributed by atoms with Gasteiger partial charge in [-0.2, -0.15) is 0 Å². The Bertz CT molecular complexity index is 609. The van der Waals surface area contributed by atoms with Crippen LogP contribution in [0.5, 0.6) is 0 Å². The third-order valence-electron chi connectivity index (χ3n) is 5.10. The van der Waals surface area contributed by atoms with E-state index >= 15 is 0 Å². The molecule has 0 saturated carbocycles. The van der Waals surface area contributed by atoms with Crippen molar-refractivity contribution in [3.63, 3.8) is 0 Å². The van der Waals surface area contributed by atoms with Gasteiger partial charge >= 0.3 is 0 Å². The van der Waals surface area contributed by atoms with E-state index in [0.29, 0.717) is 0 Å². The Morgan fingerprint density at radius 2 is 1.89 bits per heavy atom. The summed E-state index contributed by atoms with van der Waals surface area (Å²) in [6.07, 6.45) is 3.21. The van der Waals surface area contributed by atoms with Gasteiger partial charge in [0.05, 0.1) is 12.7 Å². The number of amides is 1. The number of benzene rings is 1. The fraction of sp³-hybridized carbons (Fsp3) is 0.600. The maximum atomic E-state index is 13.1. The highest BCUT2D eigenvalue weighted by Gasteiger charge is 2.43. The van der Waals surface area contributed by atoms with Gasteiger partial charge in [-0.05, 0) is 43.9 Å². The van der Waals surface area contributed by atoms with Crippen LogP contribution in [-0.2, 0) is 14.3 Å². The number of hydrogen-bond donors (Lipinski definition) is 2. The van der Waals surface area contributed by atoms with Gasteiger partial charge < -0.3 is 14.4 Å². The minimum Gasteiger partial charge on any atom is -0.385 e. The zero-order chi connectivity index (χ0) is 19.8. The van der Waals surface area contributed by atoms with Gasteiger partial charge in [-0.1, -0.05) is 19.1 Å². The number of ether oxygens (including phenoxy) is 1. The van der Waals surface area contributed by atoms with Gasteiger partial charge in [-0.15, -0.1) is 0 Å². The molecule has 2 aliphatic rings. The summed E-state index contributed by atoms with van der Waals surface area (Å²) >= 11 is 0. The van der Waals surface area contributed by atoms with Gasteiger partial charge in [0.2, 0.25) is 5.91 Å². The summed E-state index contributed by atoms with van der Waals surface area (Å²) in [4.78, 5) is 25.2. The quantitative estimate of drug-likeness (QED) is 0.766. The first-order valence-electron chi connectivity index (χ1n) is 9.56. The van der Waals surface area contributed by atoms with Gasteiger partial charge in [-0.25, -0.2) is 4.39 Å². The molecule has 0 radical (unpaired) electrons. The largest absolute Gasteiger partial charge is 0.385 e. The molecule has 0 spiro atoms. The summed E-state index contributed by atoms with van der Waals surface area (Å²) in [5.74, 6) is -0.291. The lowest BCUT2D eigenvalue weighted by molar-refractivity contribution is -0.145. The summed E-state index contributed by atoms with van der Waals surface area (Å²) in [5.41, 5.74) is 0.984. The highest BCUT2D eigenvalue weighted by Crippen LogP contribution is 2.29. The third-order valence-corrected chi connectivity index (χ3v) is 5.10. The van der Waals surface area contributed by atoms with Crippen molar-refractivity contribution in [2.45, 2.75) is 57.4 Å². The van der Waals surface area contributed by atoms with Crippen LogP contribution in [0.25, 0.3) is 0 Å². The lowest BCUT2D eigenvalue weighted by Crippen LogP contribution is -2.70. The minimum atomic E-state index is -0.346. The van der Waals surface area contributed by atoms with Crippen LogP contribution < -0.4 is 10.6 Å². The van der Waals surface area contributed by atoms with Gasteiger partial charge in [0.25, 0.3) is 0 Å². The first kappa shape index (κ1) is 21.5. The number of piperidine rings is 1. The number of nitrogens with zero attached hydrogens (tertiary/aromatic N) is 1. The summed E-state index contributed by atoms with van der Waals surface area (Å²) in [6.45, 7) is 4.89. The predicted octanol–water partition coefficient (Wildman–Crippen LogP) is 2.01.